The standard InChI is InChI=1S/C9H20O3/c1-3-6-9(10)12-8-5-7-11-4-2/h9-10H,3-8H2,1-2H3. The summed E-state index contributed by atoms with van der Waals surface area (Å²) in [5, 5.41) is 9.14. The van der Waals surface area contributed by atoms with Gasteiger partial charge in [0.25, 0.3) is 0 Å². The maximum absolute atomic E-state index is 9.14. The zero-order valence-corrected chi connectivity index (χ0v) is 8.08. The van der Waals surface area contributed by atoms with Crippen LogP contribution in [0, 0.1) is 0 Å². The highest BCUT2D eigenvalue weighted by molar-refractivity contribution is 4.40. The number of hydrogen-bond donors (Lipinski definition) is 1. The Bertz CT molecular complexity index is 85.8. The van der Waals surface area contributed by atoms with Crippen LogP contribution in [0.2, 0.25) is 0 Å². The molecule has 1 atom stereocenters. The fourth-order valence-electron chi connectivity index (χ4n) is 0.855. The third-order valence-electron chi connectivity index (χ3n) is 1.48. The van der Waals surface area contributed by atoms with Crippen molar-refractivity contribution < 1.29 is 14.6 Å². The summed E-state index contributed by atoms with van der Waals surface area (Å²) >= 11 is 0. The Morgan fingerprint density at radius 3 is 2.58 bits per heavy atom. The van der Waals surface area contributed by atoms with E-state index in [1.54, 1.807) is 0 Å². The van der Waals surface area contributed by atoms with Crippen molar-refractivity contribution in [3.63, 3.8) is 0 Å². The van der Waals surface area contributed by atoms with Crippen LogP contribution in [0.4, 0.5) is 0 Å². The lowest BCUT2D eigenvalue weighted by Crippen LogP contribution is -2.13. The zero-order chi connectivity index (χ0) is 9.23. The van der Waals surface area contributed by atoms with Crippen LogP contribution in [-0.4, -0.2) is 31.2 Å². The van der Waals surface area contributed by atoms with Gasteiger partial charge in [0.05, 0.1) is 6.61 Å². The van der Waals surface area contributed by atoms with Crippen LogP contribution >= 0.6 is 0 Å². The summed E-state index contributed by atoms with van der Waals surface area (Å²) in [6.07, 6.45) is 1.94. The normalized spacial score (nSPS) is 13.2. The lowest BCUT2D eigenvalue weighted by atomic mass is 10.3. The fourth-order valence-corrected chi connectivity index (χ4v) is 0.855. The number of aliphatic hydroxyl groups is 1. The number of aliphatic hydroxyl groups excluding tert-OH is 1. The Kier molecular flexibility index (Phi) is 8.88. The van der Waals surface area contributed by atoms with E-state index in [0.29, 0.717) is 13.0 Å². The van der Waals surface area contributed by atoms with Crippen LogP contribution in [-0.2, 0) is 9.47 Å². The molecule has 1 unspecified atom stereocenters. The summed E-state index contributed by atoms with van der Waals surface area (Å²) in [5.41, 5.74) is 0. The summed E-state index contributed by atoms with van der Waals surface area (Å²) in [5.74, 6) is 0. The third-order valence-corrected chi connectivity index (χ3v) is 1.48. The molecule has 0 aliphatic carbocycles. The highest BCUT2D eigenvalue weighted by Crippen LogP contribution is 1.98. The molecule has 74 valence electrons. The largest absolute Gasteiger partial charge is 0.382 e. The van der Waals surface area contributed by atoms with Crippen LogP contribution in [0.3, 0.4) is 0 Å². The summed E-state index contributed by atoms with van der Waals surface area (Å²) in [6, 6.07) is 0. The van der Waals surface area contributed by atoms with Crippen LogP contribution < -0.4 is 0 Å². The second kappa shape index (κ2) is 8.97. The van der Waals surface area contributed by atoms with Crippen molar-refractivity contribution in [2.24, 2.45) is 0 Å². The van der Waals surface area contributed by atoms with Crippen LogP contribution in [0.15, 0.2) is 0 Å². The molecule has 0 aromatic heterocycles. The molecule has 0 saturated carbocycles. The van der Waals surface area contributed by atoms with Gasteiger partial charge in [0.1, 0.15) is 0 Å². The third kappa shape index (κ3) is 7.98. The quantitative estimate of drug-likeness (QED) is 0.450. The van der Waals surface area contributed by atoms with E-state index in [4.69, 9.17) is 14.6 Å². The Morgan fingerprint density at radius 2 is 2.00 bits per heavy atom. The van der Waals surface area contributed by atoms with Gasteiger partial charge in [-0.05, 0) is 19.8 Å². The SMILES string of the molecule is CCCC(O)OCCCOCC. The van der Waals surface area contributed by atoms with E-state index in [1.807, 2.05) is 13.8 Å². The first-order chi connectivity index (χ1) is 5.81. The lowest BCUT2D eigenvalue weighted by molar-refractivity contribution is -0.106. The molecule has 0 bridgehead atoms. The second-order valence-electron chi connectivity index (χ2n) is 2.66. The van der Waals surface area contributed by atoms with Gasteiger partial charge >= 0.3 is 0 Å². The first-order valence-electron chi connectivity index (χ1n) is 4.68. The topological polar surface area (TPSA) is 38.7 Å². The molecule has 3 nitrogen and oxygen atoms in total. The van der Waals surface area contributed by atoms with Gasteiger partial charge in [-0.2, -0.15) is 0 Å². The average molecular weight is 176 g/mol. The Hall–Kier alpha value is -0.120. The van der Waals surface area contributed by atoms with Crippen molar-refractivity contribution in [2.45, 2.75) is 39.4 Å². The van der Waals surface area contributed by atoms with Gasteiger partial charge in [-0.15, -0.1) is 0 Å². The van der Waals surface area contributed by atoms with Gasteiger partial charge in [-0.1, -0.05) is 13.3 Å². The maximum Gasteiger partial charge on any atom is 0.154 e. The Morgan fingerprint density at radius 1 is 1.25 bits per heavy atom. The molecule has 0 saturated heterocycles. The van der Waals surface area contributed by atoms with Crippen LogP contribution in [0.25, 0.3) is 0 Å². The second-order valence-corrected chi connectivity index (χ2v) is 2.66. The van der Waals surface area contributed by atoms with E-state index in [2.05, 4.69) is 0 Å². The lowest BCUT2D eigenvalue weighted by Gasteiger charge is -2.10. The van der Waals surface area contributed by atoms with E-state index in [1.165, 1.54) is 0 Å². The van der Waals surface area contributed by atoms with Gasteiger partial charge in [0.15, 0.2) is 6.29 Å². The molecule has 0 aliphatic rings. The molecule has 12 heavy (non-hydrogen) atoms. The summed E-state index contributed by atoms with van der Waals surface area (Å²) < 4.78 is 10.2. The predicted octanol–water partition coefficient (Wildman–Crippen LogP) is 1.55. The zero-order valence-electron chi connectivity index (χ0n) is 8.08. The molecule has 0 aromatic carbocycles. The summed E-state index contributed by atoms with van der Waals surface area (Å²) in [7, 11) is 0. The first-order valence-corrected chi connectivity index (χ1v) is 4.68. The monoisotopic (exact) mass is 176 g/mol. The molecular formula is C9H20O3. The van der Waals surface area contributed by atoms with Gasteiger partial charge in [0, 0.05) is 13.2 Å². The molecule has 0 radical (unpaired) electrons. The van der Waals surface area contributed by atoms with Gasteiger partial charge in [-0.3, -0.25) is 0 Å². The molecule has 0 aromatic rings. The van der Waals surface area contributed by atoms with E-state index in [9.17, 15) is 0 Å². The Balaban J connectivity index is 2.97. The smallest absolute Gasteiger partial charge is 0.154 e. The van der Waals surface area contributed by atoms with Gasteiger partial charge in [-0.25, -0.2) is 0 Å². The molecule has 1 N–H and O–H groups in total. The minimum atomic E-state index is -0.586. The fraction of sp³-hybridized carbons (Fsp3) is 1.00. The number of hydrogen-bond acceptors (Lipinski definition) is 3. The minimum Gasteiger partial charge on any atom is -0.382 e. The molecule has 0 fully saturated rings. The van der Waals surface area contributed by atoms with Crippen molar-refractivity contribution in [1.29, 1.82) is 0 Å². The van der Waals surface area contributed by atoms with Crippen molar-refractivity contribution >= 4 is 0 Å². The van der Waals surface area contributed by atoms with Crippen LogP contribution in [0.1, 0.15) is 33.1 Å². The van der Waals surface area contributed by atoms with Gasteiger partial charge in [0.2, 0.25) is 0 Å². The van der Waals surface area contributed by atoms with E-state index >= 15 is 0 Å². The van der Waals surface area contributed by atoms with E-state index in [0.717, 1.165) is 26.1 Å². The molecular weight excluding hydrogens is 156 g/mol. The highest BCUT2D eigenvalue weighted by atomic mass is 16.6. The van der Waals surface area contributed by atoms with E-state index in [-0.39, 0.29) is 0 Å². The molecule has 0 amide bonds. The van der Waals surface area contributed by atoms with Crippen molar-refractivity contribution in [2.75, 3.05) is 19.8 Å². The first kappa shape index (κ1) is 11.9. The predicted molar refractivity (Wildman–Crippen MR) is 48.0 cm³/mol. The number of ether oxygens (including phenoxy) is 2. The van der Waals surface area contributed by atoms with Crippen molar-refractivity contribution in [3.8, 4) is 0 Å². The molecule has 3 heteroatoms. The molecule has 0 heterocycles. The average Bonchev–Trinajstić information content (AvgIpc) is 2.05. The Labute approximate surface area is 74.7 Å². The molecule has 0 spiro atoms. The highest BCUT2D eigenvalue weighted by Gasteiger charge is 2.00. The molecule has 0 rings (SSSR count). The molecule has 0 aliphatic heterocycles. The summed E-state index contributed by atoms with van der Waals surface area (Å²) in [4.78, 5) is 0. The van der Waals surface area contributed by atoms with E-state index < -0.39 is 6.29 Å². The van der Waals surface area contributed by atoms with Crippen LogP contribution in [0.5, 0.6) is 0 Å². The number of rotatable bonds is 8. The summed E-state index contributed by atoms with van der Waals surface area (Å²) in [6.45, 7) is 6.04. The van der Waals surface area contributed by atoms with Crippen molar-refractivity contribution in [3.05, 3.63) is 0 Å². The maximum atomic E-state index is 9.14. The minimum absolute atomic E-state index is 0.584. The van der Waals surface area contributed by atoms with Crippen molar-refractivity contribution in [1.82, 2.24) is 0 Å². The van der Waals surface area contributed by atoms with Gasteiger partial charge < -0.3 is 14.6 Å².